The fourth-order valence-corrected chi connectivity index (χ4v) is 1.84. The fourth-order valence-electron chi connectivity index (χ4n) is 1.84. The number of nitrogens with one attached hydrogen (secondary N) is 1. The summed E-state index contributed by atoms with van der Waals surface area (Å²) in [4.78, 5) is 11.1. The highest BCUT2D eigenvalue weighted by atomic mass is 35.5. The van der Waals surface area contributed by atoms with Gasteiger partial charge in [0, 0.05) is 32.3 Å². The summed E-state index contributed by atoms with van der Waals surface area (Å²) in [6.45, 7) is 1.97. The van der Waals surface area contributed by atoms with Crippen LogP contribution in [-0.2, 0) is 20.6 Å². The van der Waals surface area contributed by atoms with Crippen molar-refractivity contribution in [1.29, 1.82) is 0 Å². The lowest BCUT2D eigenvalue weighted by Gasteiger charge is -2.01. The third-order valence-corrected chi connectivity index (χ3v) is 2.85. The molecule has 2 heterocycles. The summed E-state index contributed by atoms with van der Waals surface area (Å²) in [5, 5.41) is 11.0. The number of rotatable bonds is 4. The molecular formula is C11H16ClFN6O. The zero-order valence-corrected chi connectivity index (χ0v) is 12.2. The van der Waals surface area contributed by atoms with Crippen LogP contribution in [0.5, 0.6) is 0 Å². The van der Waals surface area contributed by atoms with Crippen molar-refractivity contribution in [3.05, 3.63) is 29.0 Å². The Hall–Kier alpha value is -2.09. The zero-order valence-electron chi connectivity index (χ0n) is 11.3. The van der Waals surface area contributed by atoms with E-state index in [1.807, 2.05) is 0 Å². The summed E-state index contributed by atoms with van der Waals surface area (Å²) in [6.07, 6.45) is 0. The Morgan fingerprint density at radius 1 is 1.40 bits per heavy atom. The van der Waals surface area contributed by atoms with Crippen LogP contribution in [0.2, 0.25) is 0 Å². The lowest BCUT2D eigenvalue weighted by Crippen LogP contribution is -2.15. The number of nitrogens with zero attached hydrogens (tertiary/aromatic N) is 4. The van der Waals surface area contributed by atoms with Crippen LogP contribution in [-0.4, -0.2) is 25.5 Å². The van der Waals surface area contributed by atoms with Gasteiger partial charge in [-0.2, -0.15) is 14.6 Å². The van der Waals surface area contributed by atoms with Gasteiger partial charge in [0.05, 0.1) is 5.69 Å². The van der Waals surface area contributed by atoms with Crippen LogP contribution < -0.4 is 11.1 Å². The van der Waals surface area contributed by atoms with E-state index in [1.165, 1.54) is 22.5 Å². The highest BCUT2D eigenvalue weighted by Gasteiger charge is 2.14. The van der Waals surface area contributed by atoms with Gasteiger partial charge in [-0.05, 0) is 6.92 Å². The Morgan fingerprint density at radius 2 is 2.05 bits per heavy atom. The van der Waals surface area contributed by atoms with E-state index >= 15 is 0 Å². The summed E-state index contributed by atoms with van der Waals surface area (Å²) >= 11 is 0. The number of halogens is 2. The lowest BCUT2D eigenvalue weighted by atomic mass is 10.2. The van der Waals surface area contributed by atoms with Crippen molar-refractivity contribution in [1.82, 2.24) is 19.6 Å². The molecule has 0 fully saturated rings. The van der Waals surface area contributed by atoms with Gasteiger partial charge in [0.15, 0.2) is 0 Å². The van der Waals surface area contributed by atoms with E-state index in [0.29, 0.717) is 17.1 Å². The lowest BCUT2D eigenvalue weighted by molar-refractivity contribution is 0.0991. The predicted molar refractivity (Wildman–Crippen MR) is 74.2 cm³/mol. The van der Waals surface area contributed by atoms with Crippen LogP contribution in [0.3, 0.4) is 0 Å². The molecule has 2 aromatic heterocycles. The van der Waals surface area contributed by atoms with Crippen LogP contribution in [0.4, 0.5) is 10.2 Å². The molecule has 110 valence electrons. The van der Waals surface area contributed by atoms with E-state index in [-0.39, 0.29) is 24.6 Å². The van der Waals surface area contributed by atoms with E-state index in [0.717, 1.165) is 0 Å². The van der Waals surface area contributed by atoms with Crippen molar-refractivity contribution in [3.8, 4) is 0 Å². The van der Waals surface area contributed by atoms with Crippen molar-refractivity contribution in [2.75, 3.05) is 5.32 Å². The number of hydrogen-bond acceptors (Lipinski definition) is 4. The molecule has 0 aliphatic rings. The van der Waals surface area contributed by atoms with Crippen LogP contribution in [0, 0.1) is 12.9 Å². The number of aryl methyl sites for hydroxylation is 3. The van der Waals surface area contributed by atoms with Crippen molar-refractivity contribution in [3.63, 3.8) is 0 Å². The number of primary amides is 1. The van der Waals surface area contributed by atoms with Crippen molar-refractivity contribution < 1.29 is 9.18 Å². The molecular weight excluding hydrogens is 287 g/mol. The third kappa shape index (κ3) is 2.90. The molecule has 1 amide bonds. The van der Waals surface area contributed by atoms with Gasteiger partial charge >= 0.3 is 0 Å². The van der Waals surface area contributed by atoms with E-state index < -0.39 is 11.9 Å². The maximum absolute atomic E-state index is 13.7. The molecule has 7 nitrogen and oxygen atoms in total. The number of aromatic nitrogens is 4. The Labute approximate surface area is 121 Å². The summed E-state index contributed by atoms with van der Waals surface area (Å²) in [6, 6.07) is 1.52. The third-order valence-electron chi connectivity index (χ3n) is 2.85. The summed E-state index contributed by atoms with van der Waals surface area (Å²) in [7, 11) is 3.15. The van der Waals surface area contributed by atoms with Gasteiger partial charge in [-0.3, -0.25) is 9.48 Å². The topological polar surface area (TPSA) is 90.8 Å². The van der Waals surface area contributed by atoms with E-state index in [2.05, 4.69) is 15.5 Å². The first-order valence-electron chi connectivity index (χ1n) is 5.66. The Kier molecular flexibility index (Phi) is 4.72. The average Bonchev–Trinajstić information content (AvgIpc) is 2.80. The molecule has 0 aliphatic heterocycles. The number of carbonyl (C=O) groups is 1. The molecule has 0 unspecified atom stereocenters. The SMILES string of the molecule is Cc1nn(C)c(F)c1CNc1cc(C(N)=O)n(C)n1.Cl. The smallest absolute Gasteiger partial charge is 0.267 e. The normalized spacial score (nSPS) is 10.2. The van der Waals surface area contributed by atoms with Crippen molar-refractivity contribution >= 4 is 24.1 Å². The highest BCUT2D eigenvalue weighted by molar-refractivity contribution is 5.91. The summed E-state index contributed by atoms with van der Waals surface area (Å²) in [5.74, 6) is -0.498. The van der Waals surface area contributed by atoms with Gasteiger partial charge in [0.25, 0.3) is 5.91 Å². The largest absolute Gasteiger partial charge is 0.364 e. The van der Waals surface area contributed by atoms with Gasteiger partial charge in [-0.25, -0.2) is 4.68 Å². The molecule has 9 heteroatoms. The van der Waals surface area contributed by atoms with Crippen LogP contribution in [0.15, 0.2) is 6.07 Å². The fraction of sp³-hybridized carbons (Fsp3) is 0.364. The molecule has 0 saturated heterocycles. The zero-order chi connectivity index (χ0) is 14.2. The second-order valence-electron chi connectivity index (χ2n) is 4.23. The maximum atomic E-state index is 13.7. The maximum Gasteiger partial charge on any atom is 0.267 e. The molecule has 0 spiro atoms. The van der Waals surface area contributed by atoms with Crippen molar-refractivity contribution in [2.24, 2.45) is 19.8 Å². The molecule has 0 aromatic carbocycles. The Balaban J connectivity index is 0.00000200. The molecule has 0 aliphatic carbocycles. The van der Waals surface area contributed by atoms with E-state index in [1.54, 1.807) is 14.0 Å². The number of amides is 1. The molecule has 0 radical (unpaired) electrons. The van der Waals surface area contributed by atoms with Gasteiger partial charge in [-0.1, -0.05) is 0 Å². The quantitative estimate of drug-likeness (QED) is 0.871. The number of hydrogen-bond donors (Lipinski definition) is 2. The van der Waals surface area contributed by atoms with Crippen molar-refractivity contribution in [2.45, 2.75) is 13.5 Å². The van der Waals surface area contributed by atoms with Crippen LogP contribution in [0.25, 0.3) is 0 Å². The Bertz CT molecular complexity index is 635. The van der Waals surface area contributed by atoms with Gasteiger partial charge in [0.2, 0.25) is 5.95 Å². The number of carbonyl (C=O) groups excluding carboxylic acids is 1. The standard InChI is InChI=1S/C11H15FN6O.ClH/c1-6-7(10(12)18(3)15-6)5-14-9-4-8(11(13)19)17(2)16-9;/h4H,5H2,1-3H3,(H2,13,19)(H,14,16);1H. The molecule has 2 rings (SSSR count). The first-order valence-corrected chi connectivity index (χ1v) is 5.66. The first-order chi connectivity index (χ1) is 8.90. The second-order valence-corrected chi connectivity index (χ2v) is 4.23. The highest BCUT2D eigenvalue weighted by Crippen LogP contribution is 2.14. The number of nitrogens with two attached hydrogens (primary N) is 1. The molecule has 3 N–H and O–H groups in total. The molecule has 0 bridgehead atoms. The minimum Gasteiger partial charge on any atom is -0.364 e. The van der Waals surface area contributed by atoms with Gasteiger partial charge in [-0.15, -0.1) is 12.4 Å². The second kappa shape index (κ2) is 5.91. The minimum atomic E-state index is -0.563. The Morgan fingerprint density at radius 3 is 2.50 bits per heavy atom. The van der Waals surface area contributed by atoms with Gasteiger partial charge in [0.1, 0.15) is 11.5 Å². The minimum absolute atomic E-state index is 0. The van der Waals surface area contributed by atoms with Crippen LogP contribution in [0.1, 0.15) is 21.7 Å². The summed E-state index contributed by atoms with van der Waals surface area (Å²) < 4.78 is 16.3. The van der Waals surface area contributed by atoms with Gasteiger partial charge < -0.3 is 11.1 Å². The number of anilines is 1. The van der Waals surface area contributed by atoms with Crippen LogP contribution >= 0.6 is 12.4 Å². The first kappa shape index (κ1) is 16.0. The predicted octanol–water partition coefficient (Wildman–Crippen LogP) is 0.734. The molecule has 2 aromatic rings. The van der Waals surface area contributed by atoms with E-state index in [9.17, 15) is 9.18 Å². The molecule has 0 atom stereocenters. The molecule has 20 heavy (non-hydrogen) atoms. The molecule has 0 saturated carbocycles. The average molecular weight is 303 g/mol. The van der Waals surface area contributed by atoms with E-state index in [4.69, 9.17) is 5.73 Å². The monoisotopic (exact) mass is 302 g/mol. The summed E-state index contributed by atoms with van der Waals surface area (Å²) in [5.41, 5.74) is 6.55.